The first-order chi connectivity index (χ1) is 8.21. The fourth-order valence-electron chi connectivity index (χ4n) is 3.13. The molecule has 1 heterocycles. The maximum atomic E-state index is 12.2. The summed E-state index contributed by atoms with van der Waals surface area (Å²) in [4.78, 5) is 12.2. The Labute approximate surface area is 109 Å². The molecular formula is C14H25NO3. The van der Waals surface area contributed by atoms with E-state index in [0.717, 1.165) is 0 Å². The maximum absolute atomic E-state index is 12.2. The molecule has 1 saturated carbocycles. The number of hydrogen-bond donors (Lipinski definition) is 2. The van der Waals surface area contributed by atoms with Gasteiger partial charge in [-0.3, -0.25) is 4.79 Å². The molecule has 0 radical (unpaired) electrons. The standard InChI is InChI=1S/C14H25NO3/c1-12(2)10(13(12,3)4)11(16)15-9-14(17)5-7-18-8-6-14/h10,17H,5-9H2,1-4H3,(H,15,16). The average molecular weight is 255 g/mol. The van der Waals surface area contributed by atoms with Crippen LogP contribution in [0.2, 0.25) is 0 Å². The Morgan fingerprint density at radius 3 is 2.17 bits per heavy atom. The minimum absolute atomic E-state index is 0.0495. The number of nitrogens with one attached hydrogen (secondary N) is 1. The molecule has 2 aliphatic rings. The Bertz CT molecular complexity index is 329. The highest BCUT2D eigenvalue weighted by Gasteiger charge is 2.68. The molecule has 0 spiro atoms. The van der Waals surface area contributed by atoms with Gasteiger partial charge in [0.2, 0.25) is 5.91 Å². The first-order valence-corrected chi connectivity index (χ1v) is 6.79. The topological polar surface area (TPSA) is 58.6 Å². The number of hydrogen-bond acceptors (Lipinski definition) is 3. The average Bonchev–Trinajstić information content (AvgIpc) is 2.68. The summed E-state index contributed by atoms with van der Waals surface area (Å²) in [6.45, 7) is 10.00. The molecule has 4 heteroatoms. The summed E-state index contributed by atoms with van der Waals surface area (Å²) in [6, 6.07) is 0. The highest BCUT2D eigenvalue weighted by molar-refractivity contribution is 5.84. The third-order valence-electron chi connectivity index (χ3n) is 5.30. The molecule has 4 nitrogen and oxygen atoms in total. The molecule has 1 saturated heterocycles. The zero-order valence-corrected chi connectivity index (χ0v) is 11.9. The summed E-state index contributed by atoms with van der Waals surface area (Å²) in [5, 5.41) is 13.2. The number of ether oxygens (including phenoxy) is 1. The van der Waals surface area contributed by atoms with E-state index < -0.39 is 5.60 Å². The van der Waals surface area contributed by atoms with Gasteiger partial charge < -0.3 is 15.2 Å². The van der Waals surface area contributed by atoms with E-state index >= 15 is 0 Å². The number of aliphatic hydroxyl groups is 1. The van der Waals surface area contributed by atoms with E-state index in [1.165, 1.54) is 0 Å². The summed E-state index contributed by atoms with van der Waals surface area (Å²) in [6.07, 6.45) is 1.20. The highest BCUT2D eigenvalue weighted by Crippen LogP contribution is 2.68. The molecule has 0 aromatic carbocycles. The van der Waals surface area contributed by atoms with Gasteiger partial charge >= 0.3 is 0 Å². The van der Waals surface area contributed by atoms with E-state index in [1.807, 2.05) is 0 Å². The van der Waals surface area contributed by atoms with Gasteiger partial charge in [-0.25, -0.2) is 0 Å². The monoisotopic (exact) mass is 255 g/mol. The minimum atomic E-state index is -0.781. The van der Waals surface area contributed by atoms with E-state index in [2.05, 4.69) is 33.0 Å². The van der Waals surface area contributed by atoms with E-state index in [0.29, 0.717) is 32.6 Å². The molecular weight excluding hydrogens is 230 g/mol. The quantitative estimate of drug-likeness (QED) is 0.800. The van der Waals surface area contributed by atoms with Gasteiger partial charge in [-0.05, 0) is 10.8 Å². The second-order valence-corrected chi connectivity index (χ2v) is 6.93. The van der Waals surface area contributed by atoms with E-state index in [9.17, 15) is 9.90 Å². The summed E-state index contributed by atoms with van der Waals surface area (Å²) < 4.78 is 5.22. The second kappa shape index (κ2) is 4.20. The molecule has 1 aliphatic carbocycles. The first-order valence-electron chi connectivity index (χ1n) is 6.79. The molecule has 1 amide bonds. The van der Waals surface area contributed by atoms with Crippen molar-refractivity contribution in [2.75, 3.05) is 19.8 Å². The molecule has 2 N–H and O–H groups in total. The van der Waals surface area contributed by atoms with E-state index in [1.54, 1.807) is 0 Å². The van der Waals surface area contributed by atoms with Gasteiger partial charge in [-0.2, -0.15) is 0 Å². The second-order valence-electron chi connectivity index (χ2n) is 6.93. The smallest absolute Gasteiger partial charge is 0.224 e. The van der Waals surface area contributed by atoms with Crippen molar-refractivity contribution in [1.29, 1.82) is 0 Å². The third kappa shape index (κ3) is 2.16. The van der Waals surface area contributed by atoms with Crippen LogP contribution in [-0.4, -0.2) is 36.4 Å². The molecule has 1 aliphatic heterocycles. The lowest BCUT2D eigenvalue weighted by molar-refractivity contribution is -0.126. The van der Waals surface area contributed by atoms with E-state index in [4.69, 9.17) is 4.74 Å². The van der Waals surface area contributed by atoms with Crippen LogP contribution in [0.4, 0.5) is 0 Å². The predicted octanol–water partition coefficient (Wildman–Crippen LogP) is 1.33. The highest BCUT2D eigenvalue weighted by atomic mass is 16.5. The summed E-state index contributed by atoms with van der Waals surface area (Å²) >= 11 is 0. The van der Waals surface area contributed by atoms with Crippen molar-refractivity contribution < 1.29 is 14.6 Å². The molecule has 2 rings (SSSR count). The summed E-state index contributed by atoms with van der Waals surface area (Å²) in [7, 11) is 0. The summed E-state index contributed by atoms with van der Waals surface area (Å²) in [5.74, 6) is 0.123. The Balaban J connectivity index is 1.86. The Morgan fingerprint density at radius 1 is 1.22 bits per heavy atom. The summed E-state index contributed by atoms with van der Waals surface area (Å²) in [5.41, 5.74) is -0.679. The zero-order valence-electron chi connectivity index (χ0n) is 11.9. The van der Waals surface area contributed by atoms with Gasteiger partial charge in [-0.15, -0.1) is 0 Å². The van der Waals surface area contributed by atoms with E-state index in [-0.39, 0.29) is 22.7 Å². The molecule has 104 valence electrons. The van der Waals surface area contributed by atoms with Crippen LogP contribution in [0.15, 0.2) is 0 Å². The van der Waals surface area contributed by atoms with Crippen molar-refractivity contribution in [3.8, 4) is 0 Å². The number of carbonyl (C=O) groups is 1. The minimum Gasteiger partial charge on any atom is -0.388 e. The van der Waals surface area contributed by atoms with Crippen molar-refractivity contribution >= 4 is 5.91 Å². The van der Waals surface area contributed by atoms with Gasteiger partial charge in [0.1, 0.15) is 0 Å². The number of amides is 1. The molecule has 18 heavy (non-hydrogen) atoms. The number of rotatable bonds is 3. The number of carbonyl (C=O) groups excluding carboxylic acids is 1. The first kappa shape index (κ1) is 13.8. The molecule has 0 aromatic heterocycles. The van der Waals surface area contributed by atoms with Crippen LogP contribution in [0.1, 0.15) is 40.5 Å². The molecule has 0 atom stereocenters. The van der Waals surface area contributed by atoms with Crippen LogP contribution < -0.4 is 5.32 Å². The molecule has 2 fully saturated rings. The van der Waals surface area contributed by atoms with Crippen molar-refractivity contribution in [2.24, 2.45) is 16.7 Å². The van der Waals surface area contributed by atoms with Crippen LogP contribution in [-0.2, 0) is 9.53 Å². The lowest BCUT2D eigenvalue weighted by Gasteiger charge is -2.32. The molecule has 0 unspecified atom stereocenters. The van der Waals surface area contributed by atoms with Gasteiger partial charge in [0.25, 0.3) is 0 Å². The lowest BCUT2D eigenvalue weighted by Crippen LogP contribution is -2.47. The maximum Gasteiger partial charge on any atom is 0.224 e. The Kier molecular flexibility index (Phi) is 3.23. The molecule has 0 bridgehead atoms. The van der Waals surface area contributed by atoms with Crippen LogP contribution in [0.3, 0.4) is 0 Å². The SMILES string of the molecule is CC1(C)C(C(=O)NCC2(O)CCOCC2)C1(C)C. The normalized spacial score (nSPS) is 28.7. The van der Waals surface area contributed by atoms with Gasteiger partial charge in [0.15, 0.2) is 0 Å². The lowest BCUT2D eigenvalue weighted by atomic mass is 9.94. The van der Waals surface area contributed by atoms with Crippen molar-refractivity contribution in [1.82, 2.24) is 5.32 Å². The van der Waals surface area contributed by atoms with Crippen LogP contribution >= 0.6 is 0 Å². The van der Waals surface area contributed by atoms with Crippen LogP contribution in [0.5, 0.6) is 0 Å². The van der Waals surface area contributed by atoms with Gasteiger partial charge in [0.05, 0.1) is 5.60 Å². The predicted molar refractivity (Wildman–Crippen MR) is 69.1 cm³/mol. The fourth-order valence-corrected chi connectivity index (χ4v) is 3.13. The van der Waals surface area contributed by atoms with Crippen molar-refractivity contribution in [3.05, 3.63) is 0 Å². The molecule has 0 aromatic rings. The van der Waals surface area contributed by atoms with Gasteiger partial charge in [0, 0.05) is 38.5 Å². The largest absolute Gasteiger partial charge is 0.388 e. The Hall–Kier alpha value is -0.610. The van der Waals surface area contributed by atoms with Gasteiger partial charge in [-0.1, -0.05) is 27.7 Å². The van der Waals surface area contributed by atoms with Crippen molar-refractivity contribution in [3.63, 3.8) is 0 Å². The fraction of sp³-hybridized carbons (Fsp3) is 0.929. The Morgan fingerprint density at radius 2 is 1.72 bits per heavy atom. The van der Waals surface area contributed by atoms with Crippen LogP contribution in [0.25, 0.3) is 0 Å². The van der Waals surface area contributed by atoms with Crippen LogP contribution in [0, 0.1) is 16.7 Å². The third-order valence-corrected chi connectivity index (χ3v) is 5.30. The van der Waals surface area contributed by atoms with Crippen molar-refractivity contribution in [2.45, 2.75) is 46.1 Å². The zero-order chi connectivity index (χ0) is 13.6.